The predicted molar refractivity (Wildman–Crippen MR) is 106 cm³/mol. The van der Waals surface area contributed by atoms with Gasteiger partial charge in [0.2, 0.25) is 0 Å². The maximum Gasteiger partial charge on any atom is 0.289 e. The standard InChI is InChI=1S/C22H24N2O4/c1-14-9-15(2)18-11-16(21(25)23-19(18)10-14)12-24(13-17-5-3-7-27-17)22(26)20-6-4-8-28-20/h4,6,8-11,17H,3,5,7,12-13H2,1-2H3,(H,23,25)/t17-/m1/s1. The third kappa shape index (κ3) is 3.73. The Morgan fingerprint density at radius 1 is 1.29 bits per heavy atom. The van der Waals surface area contributed by atoms with Gasteiger partial charge in [0.05, 0.1) is 18.9 Å². The van der Waals surface area contributed by atoms with E-state index in [2.05, 4.69) is 11.1 Å². The number of nitrogens with zero attached hydrogens (tertiary/aromatic N) is 1. The molecule has 3 heterocycles. The second-order valence-corrected chi connectivity index (χ2v) is 7.46. The van der Waals surface area contributed by atoms with Crippen LogP contribution in [0.15, 0.2) is 45.8 Å². The van der Waals surface area contributed by atoms with Gasteiger partial charge in [-0.05, 0) is 62.1 Å². The molecular weight excluding hydrogens is 356 g/mol. The average Bonchev–Trinajstić information content (AvgIpc) is 3.35. The molecule has 146 valence electrons. The largest absolute Gasteiger partial charge is 0.459 e. The molecule has 1 fully saturated rings. The number of furan rings is 1. The van der Waals surface area contributed by atoms with Crippen molar-refractivity contribution >= 4 is 16.8 Å². The topological polar surface area (TPSA) is 75.5 Å². The number of amides is 1. The van der Waals surface area contributed by atoms with Crippen LogP contribution < -0.4 is 5.56 Å². The normalized spacial score (nSPS) is 16.6. The number of pyridine rings is 1. The van der Waals surface area contributed by atoms with E-state index in [4.69, 9.17) is 9.15 Å². The third-order valence-electron chi connectivity index (χ3n) is 5.22. The van der Waals surface area contributed by atoms with Crippen LogP contribution >= 0.6 is 0 Å². The zero-order valence-electron chi connectivity index (χ0n) is 16.2. The Morgan fingerprint density at radius 3 is 2.86 bits per heavy atom. The average molecular weight is 380 g/mol. The van der Waals surface area contributed by atoms with E-state index < -0.39 is 0 Å². The number of aromatic nitrogens is 1. The quantitative estimate of drug-likeness (QED) is 0.734. The molecule has 1 saturated heterocycles. The first-order valence-corrected chi connectivity index (χ1v) is 9.59. The van der Waals surface area contributed by atoms with Gasteiger partial charge in [-0.25, -0.2) is 0 Å². The molecule has 28 heavy (non-hydrogen) atoms. The molecule has 4 rings (SSSR count). The van der Waals surface area contributed by atoms with E-state index in [-0.39, 0.29) is 29.9 Å². The van der Waals surface area contributed by atoms with Crippen LogP contribution in [0.2, 0.25) is 0 Å². The summed E-state index contributed by atoms with van der Waals surface area (Å²) in [6, 6.07) is 9.27. The molecule has 1 N–H and O–H groups in total. The van der Waals surface area contributed by atoms with Gasteiger partial charge in [-0.2, -0.15) is 0 Å². The predicted octanol–water partition coefficient (Wildman–Crippen LogP) is 3.56. The van der Waals surface area contributed by atoms with Crippen LogP contribution in [0.25, 0.3) is 10.9 Å². The number of carbonyl (C=O) groups excluding carboxylic acids is 1. The molecule has 6 heteroatoms. The fraction of sp³-hybridized carbons (Fsp3) is 0.364. The van der Waals surface area contributed by atoms with E-state index in [0.717, 1.165) is 34.9 Å². The van der Waals surface area contributed by atoms with Gasteiger partial charge in [-0.15, -0.1) is 0 Å². The summed E-state index contributed by atoms with van der Waals surface area (Å²) >= 11 is 0. The van der Waals surface area contributed by atoms with E-state index >= 15 is 0 Å². The minimum atomic E-state index is -0.236. The van der Waals surface area contributed by atoms with Crippen LogP contribution in [-0.4, -0.2) is 35.0 Å². The maximum absolute atomic E-state index is 12.9. The van der Waals surface area contributed by atoms with Crippen molar-refractivity contribution in [2.75, 3.05) is 13.2 Å². The fourth-order valence-corrected chi connectivity index (χ4v) is 3.85. The Morgan fingerprint density at radius 2 is 2.14 bits per heavy atom. The number of benzene rings is 1. The number of aromatic amines is 1. The second kappa shape index (κ2) is 7.64. The van der Waals surface area contributed by atoms with E-state index in [1.54, 1.807) is 17.0 Å². The third-order valence-corrected chi connectivity index (χ3v) is 5.22. The van der Waals surface area contributed by atoms with Gasteiger partial charge in [-0.1, -0.05) is 6.07 Å². The molecule has 1 aliphatic rings. The smallest absolute Gasteiger partial charge is 0.289 e. The number of fused-ring (bicyclic) bond motifs is 1. The molecule has 1 aliphatic heterocycles. The van der Waals surface area contributed by atoms with Crippen molar-refractivity contribution in [2.45, 2.75) is 39.3 Å². The van der Waals surface area contributed by atoms with Crippen molar-refractivity contribution in [3.63, 3.8) is 0 Å². The van der Waals surface area contributed by atoms with Crippen molar-refractivity contribution in [2.24, 2.45) is 0 Å². The Hall–Kier alpha value is -2.86. The lowest BCUT2D eigenvalue weighted by atomic mass is 10.0. The summed E-state index contributed by atoms with van der Waals surface area (Å²) in [7, 11) is 0. The maximum atomic E-state index is 12.9. The molecule has 1 atom stereocenters. The Kier molecular flexibility index (Phi) is 5.05. The van der Waals surface area contributed by atoms with Crippen molar-refractivity contribution in [1.82, 2.24) is 9.88 Å². The van der Waals surface area contributed by atoms with E-state index in [1.807, 2.05) is 26.0 Å². The summed E-state index contributed by atoms with van der Waals surface area (Å²) in [6.07, 6.45) is 3.37. The molecule has 0 radical (unpaired) electrons. The molecule has 0 bridgehead atoms. The molecular formula is C22H24N2O4. The molecule has 2 aromatic heterocycles. The number of nitrogens with one attached hydrogen (secondary N) is 1. The van der Waals surface area contributed by atoms with Crippen LogP contribution in [0.5, 0.6) is 0 Å². The van der Waals surface area contributed by atoms with Gasteiger partial charge in [-0.3, -0.25) is 9.59 Å². The first kappa shape index (κ1) is 18.5. The number of hydrogen-bond donors (Lipinski definition) is 1. The van der Waals surface area contributed by atoms with Crippen molar-refractivity contribution in [1.29, 1.82) is 0 Å². The van der Waals surface area contributed by atoms with Gasteiger partial charge >= 0.3 is 0 Å². The first-order chi connectivity index (χ1) is 13.5. The number of aryl methyl sites for hydroxylation is 2. The Labute approximate surface area is 163 Å². The summed E-state index contributed by atoms with van der Waals surface area (Å²) < 4.78 is 11.0. The first-order valence-electron chi connectivity index (χ1n) is 9.59. The van der Waals surface area contributed by atoms with Crippen LogP contribution in [0.1, 0.15) is 40.1 Å². The summed E-state index contributed by atoms with van der Waals surface area (Å²) in [5.41, 5.74) is 3.38. The minimum absolute atomic E-state index is 0.0113. The molecule has 6 nitrogen and oxygen atoms in total. The Balaban J connectivity index is 1.68. The van der Waals surface area contributed by atoms with Crippen LogP contribution in [0.4, 0.5) is 0 Å². The van der Waals surface area contributed by atoms with Crippen molar-refractivity contribution in [3.8, 4) is 0 Å². The molecule has 1 amide bonds. The van der Waals surface area contributed by atoms with Crippen LogP contribution in [0.3, 0.4) is 0 Å². The molecule has 0 saturated carbocycles. The minimum Gasteiger partial charge on any atom is -0.459 e. The fourth-order valence-electron chi connectivity index (χ4n) is 3.85. The van der Waals surface area contributed by atoms with Crippen LogP contribution in [-0.2, 0) is 11.3 Å². The summed E-state index contributed by atoms with van der Waals surface area (Å²) in [6.45, 7) is 5.38. The summed E-state index contributed by atoms with van der Waals surface area (Å²) in [5.74, 6) is 0.0302. The number of carbonyl (C=O) groups is 1. The highest BCUT2D eigenvalue weighted by Crippen LogP contribution is 2.21. The zero-order chi connectivity index (χ0) is 19.7. The van der Waals surface area contributed by atoms with Gasteiger partial charge in [0.25, 0.3) is 11.5 Å². The van der Waals surface area contributed by atoms with Gasteiger partial charge in [0.1, 0.15) is 0 Å². The van der Waals surface area contributed by atoms with Gasteiger partial charge < -0.3 is 19.0 Å². The summed E-state index contributed by atoms with van der Waals surface area (Å²) in [4.78, 5) is 30.3. The lowest BCUT2D eigenvalue weighted by molar-refractivity contribution is 0.0483. The highest BCUT2D eigenvalue weighted by molar-refractivity contribution is 5.91. The van der Waals surface area contributed by atoms with Gasteiger partial charge in [0.15, 0.2) is 5.76 Å². The molecule has 0 spiro atoms. The highest BCUT2D eigenvalue weighted by atomic mass is 16.5. The zero-order valence-corrected chi connectivity index (χ0v) is 16.2. The lowest BCUT2D eigenvalue weighted by Crippen LogP contribution is -2.38. The van der Waals surface area contributed by atoms with Crippen LogP contribution in [0, 0.1) is 13.8 Å². The number of rotatable bonds is 5. The Bertz CT molecular complexity index is 1050. The SMILES string of the molecule is Cc1cc(C)c2cc(CN(C[C@H]3CCCO3)C(=O)c3ccco3)c(=O)[nH]c2c1. The van der Waals surface area contributed by atoms with E-state index in [0.29, 0.717) is 18.7 Å². The summed E-state index contributed by atoms with van der Waals surface area (Å²) in [5, 5.41) is 0.989. The monoisotopic (exact) mass is 380 g/mol. The molecule has 0 unspecified atom stereocenters. The van der Waals surface area contributed by atoms with Crippen molar-refractivity contribution < 1.29 is 13.9 Å². The lowest BCUT2D eigenvalue weighted by Gasteiger charge is -2.24. The number of hydrogen-bond acceptors (Lipinski definition) is 4. The number of H-pyrrole nitrogens is 1. The van der Waals surface area contributed by atoms with Crippen molar-refractivity contribution in [3.05, 3.63) is 69.4 Å². The molecule has 3 aromatic rings. The van der Waals surface area contributed by atoms with E-state index in [9.17, 15) is 9.59 Å². The van der Waals surface area contributed by atoms with Gasteiger partial charge in [0, 0.05) is 29.6 Å². The molecule has 1 aromatic carbocycles. The number of ether oxygens (including phenoxy) is 1. The highest BCUT2D eigenvalue weighted by Gasteiger charge is 2.25. The second-order valence-electron chi connectivity index (χ2n) is 7.46. The van der Waals surface area contributed by atoms with E-state index in [1.165, 1.54) is 6.26 Å². The molecule has 0 aliphatic carbocycles.